The lowest BCUT2D eigenvalue weighted by Gasteiger charge is -2.14. The van der Waals surface area contributed by atoms with Gasteiger partial charge < -0.3 is 14.6 Å². The fourth-order valence-electron chi connectivity index (χ4n) is 2.97. The highest BCUT2D eigenvalue weighted by atomic mass is 32.2. The maximum absolute atomic E-state index is 12.8. The highest BCUT2D eigenvalue weighted by molar-refractivity contribution is 7.99. The molecule has 0 aliphatic rings. The number of benzene rings is 2. The van der Waals surface area contributed by atoms with E-state index < -0.39 is 17.6 Å². The zero-order chi connectivity index (χ0) is 23.3. The Balaban J connectivity index is 1.57. The number of ether oxygens (including phenoxy) is 1. The van der Waals surface area contributed by atoms with Crippen molar-refractivity contribution in [2.24, 2.45) is 7.05 Å². The van der Waals surface area contributed by atoms with Crippen molar-refractivity contribution in [1.82, 2.24) is 14.8 Å². The molecule has 10 heteroatoms. The zero-order valence-corrected chi connectivity index (χ0v) is 18.6. The molecular weight excluding hydrogens is 441 g/mol. The van der Waals surface area contributed by atoms with Crippen molar-refractivity contribution in [3.8, 4) is 5.75 Å². The van der Waals surface area contributed by atoms with Crippen molar-refractivity contribution in [3.05, 3.63) is 65.5 Å². The molecule has 0 saturated carbocycles. The molecule has 6 nitrogen and oxygen atoms in total. The topological polar surface area (TPSA) is 69.0 Å². The summed E-state index contributed by atoms with van der Waals surface area (Å²) in [6, 6.07) is 12.3. The number of alkyl halides is 3. The van der Waals surface area contributed by atoms with Gasteiger partial charge >= 0.3 is 6.18 Å². The van der Waals surface area contributed by atoms with Crippen molar-refractivity contribution in [3.63, 3.8) is 0 Å². The number of nitrogens with one attached hydrogen (secondary N) is 1. The van der Waals surface area contributed by atoms with Crippen LogP contribution in [0.3, 0.4) is 0 Å². The summed E-state index contributed by atoms with van der Waals surface area (Å²) in [5, 5.41) is 11.2. The molecule has 3 aromatic rings. The maximum atomic E-state index is 12.8. The van der Waals surface area contributed by atoms with Crippen LogP contribution in [0, 0.1) is 0 Å². The van der Waals surface area contributed by atoms with Crippen LogP contribution in [0.2, 0.25) is 0 Å². The third-order valence-corrected chi connectivity index (χ3v) is 5.70. The van der Waals surface area contributed by atoms with Gasteiger partial charge in [0.2, 0.25) is 5.91 Å². The molecule has 0 aliphatic carbocycles. The van der Waals surface area contributed by atoms with Gasteiger partial charge in [0.25, 0.3) is 0 Å². The Morgan fingerprint density at radius 3 is 2.56 bits per heavy atom. The molecule has 0 aliphatic heterocycles. The van der Waals surface area contributed by atoms with Gasteiger partial charge in [0, 0.05) is 12.7 Å². The number of aromatic nitrogens is 3. The number of hydrogen-bond acceptors (Lipinski definition) is 5. The molecule has 0 saturated heterocycles. The molecule has 3 rings (SSSR count). The van der Waals surface area contributed by atoms with E-state index >= 15 is 0 Å². The minimum absolute atomic E-state index is 0.0318. The average molecular weight is 465 g/mol. The number of rotatable bonds is 8. The van der Waals surface area contributed by atoms with Gasteiger partial charge in [-0.1, -0.05) is 36.9 Å². The Hall–Kier alpha value is -3.01. The van der Waals surface area contributed by atoms with Crippen LogP contribution in [0.5, 0.6) is 5.75 Å². The fraction of sp³-hybridized carbons (Fsp3) is 0.318. The molecule has 0 fully saturated rings. The van der Waals surface area contributed by atoms with E-state index in [2.05, 4.69) is 22.4 Å². The predicted molar refractivity (Wildman–Crippen MR) is 117 cm³/mol. The molecule has 1 amide bonds. The minimum Gasteiger partial charge on any atom is -0.483 e. The number of carbonyl (C=O) groups is 1. The molecule has 2 aromatic carbocycles. The Labute approximate surface area is 188 Å². The van der Waals surface area contributed by atoms with E-state index in [-0.39, 0.29) is 17.5 Å². The second-order valence-corrected chi connectivity index (χ2v) is 8.02. The molecule has 0 radical (unpaired) electrons. The largest absolute Gasteiger partial charge is 0.483 e. The minimum atomic E-state index is -4.47. The lowest BCUT2D eigenvalue weighted by Crippen LogP contribution is -2.15. The van der Waals surface area contributed by atoms with Crippen molar-refractivity contribution in [2.45, 2.75) is 37.7 Å². The number of hydrogen-bond donors (Lipinski definition) is 1. The SMILES string of the molecule is CCc1ccc(O[C@H](C)c2nnc(SCC(=O)Nc3cccc(C(F)(F)F)c3)n2C)cc1. The third kappa shape index (κ3) is 6.03. The predicted octanol–water partition coefficient (Wildman–Crippen LogP) is 5.27. The summed E-state index contributed by atoms with van der Waals surface area (Å²) in [6.07, 6.45) is -3.89. The van der Waals surface area contributed by atoms with Crippen LogP contribution < -0.4 is 10.1 Å². The summed E-state index contributed by atoms with van der Waals surface area (Å²) in [7, 11) is 1.77. The van der Waals surface area contributed by atoms with Crippen LogP contribution in [-0.4, -0.2) is 26.4 Å². The lowest BCUT2D eigenvalue weighted by atomic mass is 10.2. The first-order valence-electron chi connectivity index (χ1n) is 9.92. The molecule has 1 N–H and O–H groups in total. The van der Waals surface area contributed by atoms with Gasteiger partial charge in [-0.15, -0.1) is 10.2 Å². The summed E-state index contributed by atoms with van der Waals surface area (Å²) >= 11 is 1.13. The summed E-state index contributed by atoms with van der Waals surface area (Å²) in [6.45, 7) is 3.93. The summed E-state index contributed by atoms with van der Waals surface area (Å²) < 4.78 is 46.1. The highest BCUT2D eigenvalue weighted by Crippen LogP contribution is 2.31. The van der Waals surface area contributed by atoms with E-state index in [1.165, 1.54) is 17.7 Å². The van der Waals surface area contributed by atoms with Crippen molar-refractivity contribution in [2.75, 3.05) is 11.1 Å². The van der Waals surface area contributed by atoms with Crippen LogP contribution in [0.15, 0.2) is 53.7 Å². The van der Waals surface area contributed by atoms with E-state index in [9.17, 15) is 18.0 Å². The average Bonchev–Trinajstić information content (AvgIpc) is 3.13. The van der Waals surface area contributed by atoms with Gasteiger partial charge in [-0.3, -0.25) is 4.79 Å². The number of aryl methyl sites for hydroxylation is 1. The molecule has 1 aromatic heterocycles. The lowest BCUT2D eigenvalue weighted by molar-refractivity contribution is -0.137. The van der Waals surface area contributed by atoms with Crippen molar-refractivity contribution in [1.29, 1.82) is 0 Å². The van der Waals surface area contributed by atoms with E-state index in [1.54, 1.807) is 11.6 Å². The number of halogens is 3. The van der Waals surface area contributed by atoms with Crippen LogP contribution in [0.25, 0.3) is 0 Å². The number of thioether (sulfide) groups is 1. The Morgan fingerprint density at radius 1 is 1.19 bits per heavy atom. The Bertz CT molecular complexity index is 1070. The summed E-state index contributed by atoms with van der Waals surface area (Å²) in [5.74, 6) is 0.826. The summed E-state index contributed by atoms with van der Waals surface area (Å²) in [4.78, 5) is 12.2. The van der Waals surface area contributed by atoms with Crippen LogP contribution in [0.4, 0.5) is 18.9 Å². The van der Waals surface area contributed by atoms with Crippen LogP contribution in [-0.2, 0) is 24.4 Å². The van der Waals surface area contributed by atoms with Gasteiger partial charge in [-0.25, -0.2) is 0 Å². The molecule has 0 spiro atoms. The van der Waals surface area contributed by atoms with Gasteiger partial charge in [-0.05, 0) is 49.2 Å². The third-order valence-electron chi connectivity index (χ3n) is 4.68. The second-order valence-electron chi connectivity index (χ2n) is 7.07. The van der Waals surface area contributed by atoms with Gasteiger partial charge in [0.15, 0.2) is 17.1 Å². The normalized spacial score (nSPS) is 12.4. The summed E-state index contributed by atoms with van der Waals surface area (Å²) in [5.41, 5.74) is 0.477. The van der Waals surface area contributed by atoms with E-state index in [0.29, 0.717) is 16.7 Å². The quantitative estimate of drug-likeness (QED) is 0.460. The number of carbonyl (C=O) groups excluding carboxylic acids is 1. The van der Waals surface area contributed by atoms with Crippen molar-refractivity contribution < 1.29 is 22.7 Å². The molecule has 0 unspecified atom stereocenters. The zero-order valence-electron chi connectivity index (χ0n) is 17.8. The monoisotopic (exact) mass is 464 g/mol. The van der Waals surface area contributed by atoms with E-state index in [1.807, 2.05) is 31.2 Å². The molecular formula is C22H23F3N4O2S. The Morgan fingerprint density at radius 2 is 1.91 bits per heavy atom. The first-order valence-corrected chi connectivity index (χ1v) is 10.9. The molecule has 32 heavy (non-hydrogen) atoms. The maximum Gasteiger partial charge on any atom is 0.416 e. The number of nitrogens with zero attached hydrogens (tertiary/aromatic N) is 3. The van der Waals surface area contributed by atoms with E-state index in [0.717, 1.165) is 30.3 Å². The fourth-order valence-corrected chi connectivity index (χ4v) is 3.68. The first kappa shape index (κ1) is 23.6. The molecule has 1 heterocycles. The Kier molecular flexibility index (Phi) is 7.44. The standard InChI is InChI=1S/C22H23F3N4O2S/c1-4-15-8-10-18(11-9-15)31-14(2)20-27-28-21(29(20)3)32-13-19(30)26-17-7-5-6-16(12-17)22(23,24)25/h5-12,14H,4,13H2,1-3H3,(H,26,30)/t14-/m1/s1. The highest BCUT2D eigenvalue weighted by Gasteiger charge is 2.30. The second kappa shape index (κ2) is 10.1. The van der Waals surface area contributed by atoms with Gasteiger partial charge in [0.1, 0.15) is 5.75 Å². The van der Waals surface area contributed by atoms with E-state index in [4.69, 9.17) is 4.74 Å². The van der Waals surface area contributed by atoms with Crippen molar-refractivity contribution >= 4 is 23.4 Å². The van der Waals surface area contributed by atoms with Gasteiger partial charge in [0.05, 0.1) is 11.3 Å². The van der Waals surface area contributed by atoms with Crippen LogP contribution in [0.1, 0.15) is 36.9 Å². The smallest absolute Gasteiger partial charge is 0.416 e. The number of amides is 1. The molecule has 0 bridgehead atoms. The first-order chi connectivity index (χ1) is 15.2. The van der Waals surface area contributed by atoms with Gasteiger partial charge in [-0.2, -0.15) is 13.2 Å². The molecule has 1 atom stereocenters. The molecule has 170 valence electrons. The van der Waals surface area contributed by atoms with Crippen LogP contribution >= 0.6 is 11.8 Å². The number of anilines is 1.